The highest BCUT2D eigenvalue weighted by atomic mass is 32.2. The van der Waals surface area contributed by atoms with E-state index in [1.54, 1.807) is 16.7 Å². The first-order chi connectivity index (χ1) is 19.0. The first kappa shape index (κ1) is 26.6. The second-order valence-electron chi connectivity index (χ2n) is 9.49. The van der Waals surface area contributed by atoms with Gasteiger partial charge >= 0.3 is 0 Å². The Balaban J connectivity index is 1.16. The van der Waals surface area contributed by atoms with E-state index in [9.17, 15) is 14.0 Å². The lowest BCUT2D eigenvalue weighted by Gasteiger charge is -2.40. The lowest BCUT2D eigenvalue weighted by molar-refractivity contribution is -0.133. The Hall–Kier alpha value is -3.98. The van der Waals surface area contributed by atoms with Gasteiger partial charge in [0, 0.05) is 54.7 Å². The number of amides is 2. The topological polar surface area (TPSA) is 71.3 Å². The van der Waals surface area contributed by atoms with Crippen LogP contribution in [0.2, 0.25) is 0 Å². The zero-order chi connectivity index (χ0) is 27.2. The zero-order valence-corrected chi connectivity index (χ0v) is 22.6. The molecule has 4 aromatic rings. The van der Waals surface area contributed by atoms with Crippen LogP contribution in [0, 0.1) is 5.82 Å². The summed E-state index contributed by atoms with van der Waals surface area (Å²) in [6.45, 7) is 3.38. The second kappa shape index (κ2) is 12.3. The summed E-state index contributed by atoms with van der Waals surface area (Å²) in [6.07, 6.45) is 1.13. The fourth-order valence-electron chi connectivity index (χ4n) is 4.74. The number of carbonyl (C=O) groups is 2. The predicted octanol–water partition coefficient (Wildman–Crippen LogP) is 5.32. The van der Waals surface area contributed by atoms with Crippen molar-refractivity contribution >= 4 is 23.6 Å². The van der Waals surface area contributed by atoms with Gasteiger partial charge in [-0.25, -0.2) is 4.39 Å². The van der Waals surface area contributed by atoms with Crippen molar-refractivity contribution in [2.24, 2.45) is 0 Å². The number of thioether (sulfide) groups is 1. The van der Waals surface area contributed by atoms with Crippen molar-refractivity contribution in [3.63, 3.8) is 0 Å². The standard InChI is InChI=1S/C30H30FN5O2S/c1-22-21-34(18-19-35(22)29(38)24-14-16-25(31)17-15-24)27(37)13-8-20-39-30-33-32-28(23-9-4-2-5-10-23)36(30)26-11-6-3-7-12-26/h2-7,9-12,14-17,22H,8,13,18-21H2,1H3. The first-order valence-corrected chi connectivity index (χ1v) is 14.0. The molecule has 2 heterocycles. The van der Waals surface area contributed by atoms with Gasteiger partial charge < -0.3 is 9.80 Å². The number of aromatic nitrogens is 3. The number of nitrogens with zero attached hydrogens (tertiary/aromatic N) is 5. The number of carbonyl (C=O) groups excluding carboxylic acids is 2. The average Bonchev–Trinajstić information content (AvgIpc) is 3.40. The summed E-state index contributed by atoms with van der Waals surface area (Å²) in [4.78, 5) is 29.4. The summed E-state index contributed by atoms with van der Waals surface area (Å²) in [5, 5.41) is 9.72. The summed E-state index contributed by atoms with van der Waals surface area (Å²) in [5.41, 5.74) is 2.43. The third-order valence-corrected chi connectivity index (χ3v) is 7.79. The number of hydrogen-bond donors (Lipinski definition) is 0. The summed E-state index contributed by atoms with van der Waals surface area (Å²) >= 11 is 1.59. The molecule has 0 saturated carbocycles. The maximum atomic E-state index is 13.2. The molecule has 2 amide bonds. The van der Waals surface area contributed by atoms with E-state index in [0.717, 1.165) is 28.0 Å². The quantitative estimate of drug-likeness (QED) is 0.222. The lowest BCUT2D eigenvalue weighted by Crippen LogP contribution is -2.55. The zero-order valence-electron chi connectivity index (χ0n) is 21.7. The summed E-state index contributed by atoms with van der Waals surface area (Å²) in [6, 6.07) is 25.5. The highest BCUT2D eigenvalue weighted by molar-refractivity contribution is 7.99. The Labute approximate surface area is 231 Å². The van der Waals surface area contributed by atoms with E-state index in [1.165, 1.54) is 24.3 Å². The van der Waals surface area contributed by atoms with Crippen molar-refractivity contribution in [1.29, 1.82) is 0 Å². The van der Waals surface area contributed by atoms with Gasteiger partial charge in [0.15, 0.2) is 11.0 Å². The molecule has 0 bridgehead atoms. The number of para-hydroxylation sites is 1. The largest absolute Gasteiger partial charge is 0.339 e. The van der Waals surface area contributed by atoms with Crippen LogP contribution in [0.15, 0.2) is 90.1 Å². The molecule has 1 atom stereocenters. The third-order valence-electron chi connectivity index (χ3n) is 6.78. The minimum absolute atomic E-state index is 0.0887. The fourth-order valence-corrected chi connectivity index (χ4v) is 5.63. The molecule has 3 aromatic carbocycles. The van der Waals surface area contributed by atoms with Crippen LogP contribution >= 0.6 is 11.8 Å². The number of piperazine rings is 1. The predicted molar refractivity (Wildman–Crippen MR) is 150 cm³/mol. The van der Waals surface area contributed by atoms with Crippen molar-refractivity contribution < 1.29 is 14.0 Å². The van der Waals surface area contributed by atoms with Crippen LogP contribution in [-0.4, -0.2) is 67.8 Å². The van der Waals surface area contributed by atoms with E-state index in [0.29, 0.717) is 38.0 Å². The molecule has 1 aliphatic heterocycles. The van der Waals surface area contributed by atoms with Crippen LogP contribution in [0.1, 0.15) is 30.1 Å². The van der Waals surface area contributed by atoms with Crippen LogP contribution in [-0.2, 0) is 4.79 Å². The number of rotatable bonds is 8. The highest BCUT2D eigenvalue weighted by Crippen LogP contribution is 2.28. The number of hydrogen-bond acceptors (Lipinski definition) is 5. The van der Waals surface area contributed by atoms with Gasteiger partial charge in [-0.05, 0) is 49.7 Å². The molecule has 1 aliphatic rings. The molecule has 7 nitrogen and oxygen atoms in total. The molecule has 200 valence electrons. The molecule has 0 N–H and O–H groups in total. The molecule has 1 aromatic heterocycles. The molecule has 39 heavy (non-hydrogen) atoms. The van der Waals surface area contributed by atoms with E-state index in [1.807, 2.05) is 72.5 Å². The Morgan fingerprint density at radius 3 is 2.31 bits per heavy atom. The van der Waals surface area contributed by atoms with E-state index in [-0.39, 0.29) is 23.7 Å². The van der Waals surface area contributed by atoms with E-state index in [4.69, 9.17) is 0 Å². The minimum Gasteiger partial charge on any atom is -0.339 e. The molecule has 1 saturated heterocycles. The average molecular weight is 544 g/mol. The maximum absolute atomic E-state index is 13.2. The number of benzene rings is 3. The van der Waals surface area contributed by atoms with Crippen LogP contribution in [0.4, 0.5) is 4.39 Å². The maximum Gasteiger partial charge on any atom is 0.254 e. The molecule has 1 unspecified atom stereocenters. The van der Waals surface area contributed by atoms with Gasteiger partial charge in [-0.1, -0.05) is 60.3 Å². The van der Waals surface area contributed by atoms with Gasteiger partial charge in [0.2, 0.25) is 5.91 Å². The third kappa shape index (κ3) is 6.20. The van der Waals surface area contributed by atoms with Crippen LogP contribution in [0.3, 0.4) is 0 Å². The van der Waals surface area contributed by atoms with Crippen molar-refractivity contribution in [3.05, 3.63) is 96.3 Å². The van der Waals surface area contributed by atoms with Crippen molar-refractivity contribution in [2.75, 3.05) is 25.4 Å². The van der Waals surface area contributed by atoms with Crippen molar-refractivity contribution in [1.82, 2.24) is 24.6 Å². The van der Waals surface area contributed by atoms with Crippen LogP contribution in [0.25, 0.3) is 17.1 Å². The SMILES string of the molecule is CC1CN(C(=O)CCCSc2nnc(-c3ccccc3)n2-c2ccccc2)CCN1C(=O)c1ccc(F)cc1. The molecular formula is C30H30FN5O2S. The lowest BCUT2D eigenvalue weighted by atomic mass is 10.1. The van der Waals surface area contributed by atoms with E-state index in [2.05, 4.69) is 14.8 Å². The molecule has 0 radical (unpaired) electrons. The Kier molecular flexibility index (Phi) is 8.36. The normalized spacial score (nSPS) is 15.4. The Morgan fingerprint density at radius 2 is 1.62 bits per heavy atom. The van der Waals surface area contributed by atoms with Gasteiger partial charge in [-0.15, -0.1) is 10.2 Å². The van der Waals surface area contributed by atoms with Gasteiger partial charge in [0.25, 0.3) is 5.91 Å². The van der Waals surface area contributed by atoms with Crippen molar-refractivity contribution in [2.45, 2.75) is 31.0 Å². The Morgan fingerprint density at radius 1 is 0.923 bits per heavy atom. The second-order valence-corrected chi connectivity index (χ2v) is 10.6. The molecule has 0 aliphatic carbocycles. The van der Waals surface area contributed by atoms with Gasteiger partial charge in [0.05, 0.1) is 0 Å². The summed E-state index contributed by atoms with van der Waals surface area (Å²) in [5.74, 6) is 1.09. The molecule has 1 fully saturated rings. The Bertz CT molecular complexity index is 1410. The van der Waals surface area contributed by atoms with Crippen LogP contribution < -0.4 is 0 Å². The first-order valence-electron chi connectivity index (χ1n) is 13.0. The smallest absolute Gasteiger partial charge is 0.254 e. The fraction of sp³-hybridized carbons (Fsp3) is 0.267. The van der Waals surface area contributed by atoms with E-state index >= 15 is 0 Å². The van der Waals surface area contributed by atoms with Crippen molar-refractivity contribution in [3.8, 4) is 17.1 Å². The number of halogens is 1. The van der Waals surface area contributed by atoms with Crippen LogP contribution in [0.5, 0.6) is 0 Å². The molecule has 0 spiro atoms. The minimum atomic E-state index is -0.370. The highest BCUT2D eigenvalue weighted by Gasteiger charge is 2.30. The molecular weight excluding hydrogens is 513 g/mol. The van der Waals surface area contributed by atoms with Gasteiger partial charge in [-0.2, -0.15) is 0 Å². The van der Waals surface area contributed by atoms with E-state index < -0.39 is 0 Å². The monoisotopic (exact) mass is 543 g/mol. The summed E-state index contributed by atoms with van der Waals surface area (Å²) in [7, 11) is 0. The van der Waals surface area contributed by atoms with Gasteiger partial charge in [-0.3, -0.25) is 14.2 Å². The molecule has 5 rings (SSSR count). The summed E-state index contributed by atoms with van der Waals surface area (Å²) < 4.78 is 15.3. The molecule has 9 heteroatoms. The van der Waals surface area contributed by atoms with Gasteiger partial charge in [0.1, 0.15) is 5.82 Å².